The number of halogens is 1. The van der Waals surface area contributed by atoms with Crippen LogP contribution in [-0.2, 0) is 14.8 Å². The van der Waals surface area contributed by atoms with E-state index >= 15 is 0 Å². The Hall–Kier alpha value is -1.71. The maximum atomic E-state index is 13.6. The highest BCUT2D eigenvalue weighted by atomic mass is 32.2. The van der Waals surface area contributed by atoms with Crippen molar-refractivity contribution in [2.75, 3.05) is 32.6 Å². The van der Waals surface area contributed by atoms with Gasteiger partial charge in [0.15, 0.2) is 0 Å². The van der Waals surface area contributed by atoms with E-state index in [1.807, 2.05) is 0 Å². The number of sulfonamides is 1. The second-order valence-corrected chi connectivity index (χ2v) is 7.15. The lowest BCUT2D eigenvalue weighted by Gasteiger charge is -2.23. The van der Waals surface area contributed by atoms with E-state index in [2.05, 4.69) is 15.4 Å². The smallest absolute Gasteiger partial charge is 0.411 e. The van der Waals surface area contributed by atoms with Gasteiger partial charge in [0, 0.05) is 24.8 Å². The van der Waals surface area contributed by atoms with E-state index in [-0.39, 0.29) is 17.9 Å². The fourth-order valence-electron chi connectivity index (χ4n) is 2.56. The van der Waals surface area contributed by atoms with Crippen molar-refractivity contribution in [3.8, 4) is 0 Å². The van der Waals surface area contributed by atoms with Crippen molar-refractivity contribution in [3.05, 3.63) is 24.3 Å². The molecule has 1 heterocycles. The quantitative estimate of drug-likeness (QED) is 0.837. The normalized spacial score (nSPS) is 22.0. The van der Waals surface area contributed by atoms with Gasteiger partial charge in [-0.05, 0) is 37.7 Å². The van der Waals surface area contributed by atoms with Crippen LogP contribution in [-0.4, -0.2) is 58.3 Å². The SMILES string of the molecule is CNC[C@@H]1C[C@H](F)CN1S(=O)(=O)c1ccc(NC(=O)OC)cc1. The van der Waals surface area contributed by atoms with Gasteiger partial charge in [0.05, 0.1) is 12.0 Å². The molecule has 1 aromatic rings. The lowest BCUT2D eigenvalue weighted by molar-refractivity contribution is 0.187. The van der Waals surface area contributed by atoms with Crippen LogP contribution in [0.5, 0.6) is 0 Å². The standard InChI is InChI=1S/C14H20FN3O4S/c1-16-8-12-7-10(15)9-18(12)23(20,21)13-5-3-11(4-6-13)17-14(19)22-2/h3-6,10,12,16H,7-9H2,1-2H3,(H,17,19)/t10-,12-/m0/s1. The van der Waals surface area contributed by atoms with E-state index in [1.54, 1.807) is 7.05 Å². The number of nitrogens with one attached hydrogen (secondary N) is 2. The first-order valence-corrected chi connectivity index (χ1v) is 8.58. The van der Waals surface area contributed by atoms with E-state index in [0.29, 0.717) is 12.2 Å². The van der Waals surface area contributed by atoms with Gasteiger partial charge in [0.1, 0.15) is 6.17 Å². The Bertz CT molecular complexity index is 650. The van der Waals surface area contributed by atoms with Crippen LogP contribution in [0, 0.1) is 0 Å². The lowest BCUT2D eigenvalue weighted by atomic mass is 10.2. The lowest BCUT2D eigenvalue weighted by Crippen LogP contribution is -2.40. The molecule has 2 N–H and O–H groups in total. The number of hydrogen-bond acceptors (Lipinski definition) is 5. The molecular weight excluding hydrogens is 325 g/mol. The molecule has 0 aliphatic carbocycles. The summed E-state index contributed by atoms with van der Waals surface area (Å²) in [7, 11) is -0.853. The van der Waals surface area contributed by atoms with Crippen LogP contribution in [0.25, 0.3) is 0 Å². The molecule has 1 aliphatic heterocycles. The number of benzene rings is 1. The number of methoxy groups -OCH3 is 1. The summed E-state index contributed by atoms with van der Waals surface area (Å²) < 4.78 is 44.6. The summed E-state index contributed by atoms with van der Waals surface area (Å²) in [5.74, 6) is 0. The predicted molar refractivity (Wildman–Crippen MR) is 83.6 cm³/mol. The number of alkyl halides is 1. The van der Waals surface area contributed by atoms with Crippen LogP contribution in [0.15, 0.2) is 29.2 Å². The molecule has 1 saturated heterocycles. The third kappa shape index (κ3) is 3.98. The maximum Gasteiger partial charge on any atom is 0.411 e. The molecule has 128 valence electrons. The van der Waals surface area contributed by atoms with Crippen molar-refractivity contribution in [1.82, 2.24) is 9.62 Å². The van der Waals surface area contributed by atoms with Gasteiger partial charge >= 0.3 is 6.09 Å². The van der Waals surface area contributed by atoms with Gasteiger partial charge < -0.3 is 10.1 Å². The van der Waals surface area contributed by atoms with Crippen LogP contribution < -0.4 is 10.6 Å². The molecule has 1 aliphatic rings. The average molecular weight is 345 g/mol. The number of hydrogen-bond donors (Lipinski definition) is 2. The Labute approximate surface area is 134 Å². The summed E-state index contributed by atoms with van der Waals surface area (Å²) in [5.41, 5.74) is 0.410. The zero-order valence-electron chi connectivity index (χ0n) is 13.0. The number of likely N-dealkylation sites (N-methyl/N-ethyl adjacent to an activating group) is 1. The third-order valence-corrected chi connectivity index (χ3v) is 5.58. The van der Waals surface area contributed by atoms with E-state index < -0.39 is 28.3 Å². The fourth-order valence-corrected chi connectivity index (χ4v) is 4.22. The van der Waals surface area contributed by atoms with Gasteiger partial charge in [-0.1, -0.05) is 0 Å². The number of ether oxygens (including phenoxy) is 1. The largest absolute Gasteiger partial charge is 0.453 e. The minimum Gasteiger partial charge on any atom is -0.453 e. The minimum absolute atomic E-state index is 0.0584. The van der Waals surface area contributed by atoms with Gasteiger partial charge in [0.25, 0.3) is 0 Å². The van der Waals surface area contributed by atoms with E-state index in [1.165, 1.54) is 35.7 Å². The van der Waals surface area contributed by atoms with Crippen LogP contribution in [0.3, 0.4) is 0 Å². The van der Waals surface area contributed by atoms with Crippen molar-refractivity contribution in [2.45, 2.75) is 23.5 Å². The first kappa shape index (κ1) is 17.6. The number of anilines is 1. The minimum atomic E-state index is -3.78. The molecule has 0 unspecified atom stereocenters. The van der Waals surface area contributed by atoms with Gasteiger partial charge in [-0.3, -0.25) is 5.32 Å². The number of carbonyl (C=O) groups is 1. The molecule has 9 heteroatoms. The maximum absolute atomic E-state index is 13.6. The topological polar surface area (TPSA) is 87.7 Å². The summed E-state index contributed by atoms with van der Waals surface area (Å²) in [5, 5.41) is 5.32. The molecule has 0 aromatic heterocycles. The summed E-state index contributed by atoms with van der Waals surface area (Å²) in [4.78, 5) is 11.2. The second-order valence-electron chi connectivity index (χ2n) is 5.26. The average Bonchev–Trinajstić information content (AvgIpc) is 2.89. The van der Waals surface area contributed by atoms with Gasteiger partial charge in [-0.15, -0.1) is 0 Å². The predicted octanol–water partition coefficient (Wildman–Crippen LogP) is 1.19. The Balaban J connectivity index is 2.20. The third-order valence-electron chi connectivity index (χ3n) is 3.65. The van der Waals surface area contributed by atoms with Crippen molar-refractivity contribution in [1.29, 1.82) is 0 Å². The zero-order valence-corrected chi connectivity index (χ0v) is 13.8. The Morgan fingerprint density at radius 1 is 1.39 bits per heavy atom. The van der Waals surface area contributed by atoms with Gasteiger partial charge in [-0.2, -0.15) is 4.31 Å². The highest BCUT2D eigenvalue weighted by Crippen LogP contribution is 2.28. The van der Waals surface area contributed by atoms with E-state index in [0.717, 1.165) is 0 Å². The van der Waals surface area contributed by atoms with Crippen LogP contribution in [0.2, 0.25) is 0 Å². The molecule has 1 aromatic carbocycles. The molecule has 23 heavy (non-hydrogen) atoms. The first-order chi connectivity index (χ1) is 10.9. The molecule has 2 atom stereocenters. The Morgan fingerprint density at radius 3 is 2.61 bits per heavy atom. The molecule has 1 amide bonds. The molecule has 0 saturated carbocycles. The van der Waals surface area contributed by atoms with Crippen LogP contribution in [0.1, 0.15) is 6.42 Å². The molecule has 0 radical (unpaired) electrons. The highest BCUT2D eigenvalue weighted by Gasteiger charge is 2.39. The van der Waals surface area contributed by atoms with Gasteiger partial charge in [-0.25, -0.2) is 17.6 Å². The van der Waals surface area contributed by atoms with E-state index in [9.17, 15) is 17.6 Å². The summed E-state index contributed by atoms with van der Waals surface area (Å²) >= 11 is 0. The highest BCUT2D eigenvalue weighted by molar-refractivity contribution is 7.89. The van der Waals surface area contributed by atoms with Gasteiger partial charge in [0.2, 0.25) is 10.0 Å². The summed E-state index contributed by atoms with van der Waals surface area (Å²) in [6.07, 6.45) is -1.62. The molecule has 1 fully saturated rings. The van der Waals surface area contributed by atoms with Crippen molar-refractivity contribution in [2.24, 2.45) is 0 Å². The van der Waals surface area contributed by atoms with E-state index in [4.69, 9.17) is 0 Å². The molecule has 2 rings (SSSR count). The first-order valence-electron chi connectivity index (χ1n) is 7.14. The van der Waals surface area contributed by atoms with Crippen molar-refractivity contribution in [3.63, 3.8) is 0 Å². The monoisotopic (exact) mass is 345 g/mol. The summed E-state index contributed by atoms with van der Waals surface area (Å²) in [6.45, 7) is 0.248. The summed E-state index contributed by atoms with van der Waals surface area (Å²) in [6, 6.07) is 5.26. The second kappa shape index (κ2) is 7.24. The van der Waals surface area contributed by atoms with Crippen LogP contribution >= 0.6 is 0 Å². The molecule has 0 bridgehead atoms. The fraction of sp³-hybridized carbons (Fsp3) is 0.500. The molecule has 0 spiro atoms. The number of nitrogens with zero attached hydrogens (tertiary/aromatic N) is 1. The molecular formula is C14H20FN3O4S. The Kier molecular flexibility index (Phi) is 5.55. The number of carbonyl (C=O) groups excluding carboxylic acids is 1. The van der Waals surface area contributed by atoms with Crippen LogP contribution in [0.4, 0.5) is 14.9 Å². The van der Waals surface area contributed by atoms with Crippen molar-refractivity contribution >= 4 is 21.8 Å². The Morgan fingerprint density at radius 2 is 2.04 bits per heavy atom. The number of amides is 1. The zero-order chi connectivity index (χ0) is 17.0. The number of rotatable bonds is 5. The van der Waals surface area contributed by atoms with Crippen molar-refractivity contribution < 1.29 is 22.3 Å². The molecule has 7 nitrogen and oxygen atoms in total.